The first-order chi connectivity index (χ1) is 10.4. The fourth-order valence-corrected chi connectivity index (χ4v) is 3.04. The number of amides is 1. The lowest BCUT2D eigenvalue weighted by Gasteiger charge is -2.33. The van der Waals surface area contributed by atoms with E-state index in [2.05, 4.69) is 0 Å². The summed E-state index contributed by atoms with van der Waals surface area (Å²) in [6.07, 6.45) is 2.44. The molecule has 0 unspecified atom stereocenters. The van der Waals surface area contributed by atoms with Gasteiger partial charge in [-0.25, -0.2) is 4.39 Å². The number of carboxylic acid groups (broad SMARTS) is 1. The number of rotatable bonds is 4. The summed E-state index contributed by atoms with van der Waals surface area (Å²) in [4.78, 5) is 24.9. The molecule has 4 nitrogen and oxygen atoms in total. The molecule has 1 aliphatic heterocycles. The van der Waals surface area contributed by atoms with Crippen molar-refractivity contribution in [3.63, 3.8) is 0 Å². The minimum atomic E-state index is -0.819. The van der Waals surface area contributed by atoms with Crippen molar-refractivity contribution < 1.29 is 19.1 Å². The number of aliphatic carboxylic acids is 1. The Morgan fingerprint density at radius 1 is 1.45 bits per heavy atom. The molecule has 1 aromatic rings. The van der Waals surface area contributed by atoms with Gasteiger partial charge in [0.2, 0.25) is 0 Å². The largest absolute Gasteiger partial charge is 0.481 e. The van der Waals surface area contributed by atoms with Gasteiger partial charge < -0.3 is 10.0 Å². The molecule has 1 heterocycles. The van der Waals surface area contributed by atoms with Gasteiger partial charge in [-0.05, 0) is 49.8 Å². The van der Waals surface area contributed by atoms with E-state index in [1.54, 1.807) is 11.8 Å². The van der Waals surface area contributed by atoms with Crippen LogP contribution in [0.15, 0.2) is 12.1 Å². The maximum Gasteiger partial charge on any atom is 0.303 e. The molecule has 1 aromatic carbocycles. The van der Waals surface area contributed by atoms with E-state index in [0.717, 1.165) is 18.9 Å². The molecule has 1 saturated heterocycles. The van der Waals surface area contributed by atoms with E-state index in [-0.39, 0.29) is 23.3 Å². The molecular formula is C16H19ClFNO3. The van der Waals surface area contributed by atoms with Crippen molar-refractivity contribution in [3.05, 3.63) is 34.1 Å². The monoisotopic (exact) mass is 327 g/mol. The zero-order valence-corrected chi connectivity index (χ0v) is 13.2. The summed E-state index contributed by atoms with van der Waals surface area (Å²) in [7, 11) is 0. The lowest BCUT2D eigenvalue weighted by Crippen LogP contribution is -2.40. The van der Waals surface area contributed by atoms with E-state index in [0.29, 0.717) is 30.6 Å². The summed E-state index contributed by atoms with van der Waals surface area (Å²) in [5.74, 6) is -1.28. The smallest absolute Gasteiger partial charge is 0.303 e. The summed E-state index contributed by atoms with van der Waals surface area (Å²) >= 11 is 5.99. The number of carbonyl (C=O) groups excluding carboxylic acids is 1. The fourth-order valence-electron chi connectivity index (χ4n) is 2.80. The van der Waals surface area contributed by atoms with Crippen molar-refractivity contribution in [2.75, 3.05) is 13.1 Å². The normalized spacial score (nSPS) is 18.3. The van der Waals surface area contributed by atoms with Crippen molar-refractivity contribution in [2.45, 2.75) is 32.6 Å². The number of benzene rings is 1. The van der Waals surface area contributed by atoms with Crippen LogP contribution in [0.5, 0.6) is 0 Å². The van der Waals surface area contributed by atoms with Crippen molar-refractivity contribution in [1.82, 2.24) is 4.90 Å². The molecule has 1 N–H and O–H groups in total. The first kappa shape index (κ1) is 16.7. The first-order valence-corrected chi connectivity index (χ1v) is 7.73. The highest BCUT2D eigenvalue weighted by molar-refractivity contribution is 6.33. The Bertz CT molecular complexity index is 591. The van der Waals surface area contributed by atoms with Crippen LogP contribution in [-0.4, -0.2) is 35.0 Å². The van der Waals surface area contributed by atoms with Crippen molar-refractivity contribution in [3.8, 4) is 0 Å². The van der Waals surface area contributed by atoms with Crippen LogP contribution in [0.25, 0.3) is 0 Å². The molecule has 1 fully saturated rings. The summed E-state index contributed by atoms with van der Waals surface area (Å²) in [5, 5.41) is 8.87. The number of likely N-dealkylation sites (tertiary alicyclic amines) is 1. The molecule has 22 heavy (non-hydrogen) atoms. The van der Waals surface area contributed by atoms with E-state index in [9.17, 15) is 14.0 Å². The summed E-state index contributed by atoms with van der Waals surface area (Å²) in [6.45, 7) is 2.74. The van der Waals surface area contributed by atoms with Crippen LogP contribution < -0.4 is 0 Å². The van der Waals surface area contributed by atoms with Gasteiger partial charge in [0.05, 0.1) is 10.6 Å². The second-order valence-electron chi connectivity index (χ2n) is 5.77. The maximum absolute atomic E-state index is 13.4. The highest BCUT2D eigenvalue weighted by Crippen LogP contribution is 2.26. The van der Waals surface area contributed by atoms with E-state index in [1.807, 2.05) is 0 Å². The minimum absolute atomic E-state index is 0.112. The lowest BCUT2D eigenvalue weighted by atomic mass is 9.93. The Labute approximate surface area is 133 Å². The van der Waals surface area contributed by atoms with Crippen LogP contribution in [0.2, 0.25) is 5.02 Å². The quantitative estimate of drug-likeness (QED) is 0.920. The van der Waals surface area contributed by atoms with Crippen molar-refractivity contribution in [1.29, 1.82) is 0 Å². The van der Waals surface area contributed by atoms with Gasteiger partial charge in [-0.3, -0.25) is 9.59 Å². The topological polar surface area (TPSA) is 57.6 Å². The number of piperidine rings is 1. The number of nitrogens with zero attached hydrogens (tertiary/aromatic N) is 1. The summed E-state index contributed by atoms with van der Waals surface area (Å²) in [6, 6.07) is 2.64. The van der Waals surface area contributed by atoms with Gasteiger partial charge in [-0.1, -0.05) is 11.6 Å². The third kappa shape index (κ3) is 3.97. The summed E-state index contributed by atoms with van der Waals surface area (Å²) in [5.41, 5.74) is 0.687. The Kier molecular flexibility index (Phi) is 5.40. The zero-order valence-electron chi connectivity index (χ0n) is 12.4. The van der Waals surface area contributed by atoms with Crippen LogP contribution in [0.3, 0.4) is 0 Å². The molecule has 0 aliphatic carbocycles. The molecule has 2 rings (SSSR count). The van der Waals surface area contributed by atoms with Crippen LogP contribution in [0.1, 0.15) is 41.6 Å². The number of hydrogen-bond acceptors (Lipinski definition) is 2. The molecule has 0 radical (unpaired) electrons. The molecular weight excluding hydrogens is 309 g/mol. The highest BCUT2D eigenvalue weighted by Gasteiger charge is 2.26. The predicted octanol–water partition coefficient (Wildman–Crippen LogP) is 3.50. The predicted molar refractivity (Wildman–Crippen MR) is 81.6 cm³/mol. The van der Waals surface area contributed by atoms with Gasteiger partial charge in [-0.15, -0.1) is 0 Å². The van der Waals surface area contributed by atoms with E-state index in [4.69, 9.17) is 16.7 Å². The standard InChI is InChI=1S/C16H19ClFNO3/c1-10-7-12(13(17)8-14(10)18)16(22)19-6-2-3-11(9-19)4-5-15(20)21/h7-8,11H,2-6,9H2,1H3,(H,20,21)/t11-/m1/s1. The van der Waals surface area contributed by atoms with Gasteiger partial charge in [0.15, 0.2) is 0 Å². The number of halogens is 2. The average Bonchev–Trinajstić information content (AvgIpc) is 2.48. The summed E-state index contributed by atoms with van der Waals surface area (Å²) < 4.78 is 13.4. The first-order valence-electron chi connectivity index (χ1n) is 7.35. The van der Waals surface area contributed by atoms with Gasteiger partial charge in [-0.2, -0.15) is 0 Å². The van der Waals surface area contributed by atoms with E-state index < -0.39 is 11.8 Å². The Balaban J connectivity index is 2.09. The third-order valence-corrected chi connectivity index (χ3v) is 4.36. The van der Waals surface area contributed by atoms with Crippen molar-refractivity contribution >= 4 is 23.5 Å². The Morgan fingerprint density at radius 2 is 2.18 bits per heavy atom. The van der Waals surface area contributed by atoms with Gasteiger partial charge in [0.25, 0.3) is 5.91 Å². The molecule has 1 aliphatic rings. The number of hydrogen-bond donors (Lipinski definition) is 1. The van der Waals surface area contributed by atoms with Gasteiger partial charge in [0.1, 0.15) is 5.82 Å². The second kappa shape index (κ2) is 7.09. The number of aryl methyl sites for hydroxylation is 1. The van der Waals surface area contributed by atoms with E-state index >= 15 is 0 Å². The molecule has 0 spiro atoms. The van der Waals surface area contributed by atoms with Crippen LogP contribution in [-0.2, 0) is 4.79 Å². The molecule has 120 valence electrons. The molecule has 1 atom stereocenters. The van der Waals surface area contributed by atoms with Gasteiger partial charge in [0, 0.05) is 19.5 Å². The molecule has 0 saturated carbocycles. The second-order valence-corrected chi connectivity index (χ2v) is 6.18. The number of carboxylic acids is 1. The van der Waals surface area contributed by atoms with Crippen LogP contribution in [0.4, 0.5) is 4.39 Å². The zero-order chi connectivity index (χ0) is 16.3. The number of carbonyl (C=O) groups is 2. The highest BCUT2D eigenvalue weighted by atomic mass is 35.5. The minimum Gasteiger partial charge on any atom is -0.481 e. The van der Waals surface area contributed by atoms with Crippen molar-refractivity contribution in [2.24, 2.45) is 5.92 Å². The Morgan fingerprint density at radius 3 is 2.86 bits per heavy atom. The Hall–Kier alpha value is -1.62. The third-order valence-electron chi connectivity index (χ3n) is 4.05. The molecule has 0 aromatic heterocycles. The van der Waals surface area contributed by atoms with Gasteiger partial charge >= 0.3 is 5.97 Å². The maximum atomic E-state index is 13.4. The molecule has 1 amide bonds. The van der Waals surface area contributed by atoms with Crippen LogP contribution >= 0.6 is 11.6 Å². The average molecular weight is 328 g/mol. The van der Waals surface area contributed by atoms with E-state index in [1.165, 1.54) is 6.07 Å². The van der Waals surface area contributed by atoms with Crippen LogP contribution in [0, 0.1) is 18.7 Å². The SMILES string of the molecule is Cc1cc(C(=O)N2CCC[C@H](CCC(=O)O)C2)c(Cl)cc1F. The lowest BCUT2D eigenvalue weighted by molar-refractivity contribution is -0.137. The fraction of sp³-hybridized carbons (Fsp3) is 0.500. The molecule has 0 bridgehead atoms. The molecule has 6 heteroatoms.